The van der Waals surface area contributed by atoms with Crippen molar-refractivity contribution in [3.8, 4) is 0 Å². The van der Waals surface area contributed by atoms with Gasteiger partial charge in [-0.05, 0) is 44.9 Å². The molecule has 0 aliphatic rings. The second-order valence-corrected chi connectivity index (χ2v) is 7.33. The SMILES string of the molecule is CCN(CC(=O)NC(C)C)S(=O)(=O)c1cc(C)ccc1C. The van der Waals surface area contributed by atoms with Crippen molar-refractivity contribution >= 4 is 15.9 Å². The van der Waals surface area contributed by atoms with Gasteiger partial charge in [-0.2, -0.15) is 4.31 Å². The number of sulfonamides is 1. The van der Waals surface area contributed by atoms with Crippen LogP contribution in [-0.4, -0.2) is 37.8 Å². The third kappa shape index (κ3) is 4.54. The van der Waals surface area contributed by atoms with Crippen molar-refractivity contribution in [2.75, 3.05) is 13.1 Å². The Morgan fingerprint density at radius 3 is 2.43 bits per heavy atom. The molecule has 5 nitrogen and oxygen atoms in total. The number of aryl methyl sites for hydroxylation is 2. The summed E-state index contributed by atoms with van der Waals surface area (Å²) in [7, 11) is -3.66. The number of benzene rings is 1. The van der Waals surface area contributed by atoms with Gasteiger partial charge in [-0.25, -0.2) is 8.42 Å². The molecule has 0 saturated heterocycles. The van der Waals surface area contributed by atoms with Crippen LogP contribution >= 0.6 is 0 Å². The highest BCUT2D eigenvalue weighted by Gasteiger charge is 2.26. The number of amides is 1. The normalized spacial score (nSPS) is 12.0. The Labute approximate surface area is 127 Å². The molecule has 118 valence electrons. The predicted octanol–water partition coefficient (Wildman–Crippen LogP) is 1.84. The lowest BCUT2D eigenvalue weighted by Crippen LogP contribution is -2.42. The van der Waals surface area contributed by atoms with Crippen LogP contribution in [0.3, 0.4) is 0 Å². The molecule has 1 aromatic carbocycles. The van der Waals surface area contributed by atoms with Gasteiger partial charge in [-0.3, -0.25) is 4.79 Å². The van der Waals surface area contributed by atoms with E-state index in [2.05, 4.69) is 5.32 Å². The van der Waals surface area contributed by atoms with Gasteiger partial charge in [-0.15, -0.1) is 0 Å². The summed E-state index contributed by atoms with van der Waals surface area (Å²) in [6.45, 7) is 9.10. The van der Waals surface area contributed by atoms with Gasteiger partial charge >= 0.3 is 0 Å². The Morgan fingerprint density at radius 2 is 1.90 bits per heavy atom. The quantitative estimate of drug-likeness (QED) is 0.871. The molecule has 6 heteroatoms. The van der Waals surface area contributed by atoms with Crippen molar-refractivity contribution < 1.29 is 13.2 Å². The number of hydrogen-bond donors (Lipinski definition) is 1. The van der Waals surface area contributed by atoms with Crippen molar-refractivity contribution in [2.45, 2.75) is 45.6 Å². The van der Waals surface area contributed by atoms with Crippen LogP contribution in [0.4, 0.5) is 0 Å². The fraction of sp³-hybridized carbons (Fsp3) is 0.533. The third-order valence-corrected chi connectivity index (χ3v) is 5.15. The van der Waals surface area contributed by atoms with Crippen LogP contribution in [0.2, 0.25) is 0 Å². The monoisotopic (exact) mass is 312 g/mol. The van der Waals surface area contributed by atoms with Crippen LogP contribution in [0.25, 0.3) is 0 Å². The highest BCUT2D eigenvalue weighted by Crippen LogP contribution is 2.21. The van der Waals surface area contributed by atoms with Crippen LogP contribution in [0.1, 0.15) is 31.9 Å². The number of rotatable bonds is 6. The fourth-order valence-corrected chi connectivity index (χ4v) is 3.73. The molecule has 1 N–H and O–H groups in total. The molecular formula is C15H24N2O3S. The summed E-state index contributed by atoms with van der Waals surface area (Å²) in [6.07, 6.45) is 0. The first kappa shape index (κ1) is 17.7. The van der Waals surface area contributed by atoms with E-state index in [9.17, 15) is 13.2 Å². The number of carbonyl (C=O) groups excluding carboxylic acids is 1. The molecule has 1 aromatic rings. The molecule has 0 atom stereocenters. The van der Waals surface area contributed by atoms with Gasteiger partial charge in [0.25, 0.3) is 0 Å². The van der Waals surface area contributed by atoms with E-state index in [1.807, 2.05) is 26.8 Å². The van der Waals surface area contributed by atoms with E-state index < -0.39 is 10.0 Å². The van der Waals surface area contributed by atoms with Crippen LogP contribution in [0, 0.1) is 13.8 Å². The Hall–Kier alpha value is -1.40. The molecule has 0 aromatic heterocycles. The summed E-state index contributed by atoms with van der Waals surface area (Å²) in [4.78, 5) is 12.1. The number of hydrogen-bond acceptors (Lipinski definition) is 3. The number of nitrogens with zero attached hydrogens (tertiary/aromatic N) is 1. The van der Waals surface area contributed by atoms with Crippen molar-refractivity contribution in [2.24, 2.45) is 0 Å². The second kappa shape index (κ2) is 7.04. The lowest BCUT2D eigenvalue weighted by molar-refractivity contribution is -0.121. The minimum absolute atomic E-state index is 0.0142. The first-order valence-electron chi connectivity index (χ1n) is 7.05. The lowest BCUT2D eigenvalue weighted by Gasteiger charge is -2.22. The molecule has 0 aliphatic heterocycles. The fourth-order valence-electron chi connectivity index (χ4n) is 2.02. The molecule has 21 heavy (non-hydrogen) atoms. The van der Waals surface area contributed by atoms with Crippen molar-refractivity contribution in [1.29, 1.82) is 0 Å². The summed E-state index contributed by atoms with van der Waals surface area (Å²) >= 11 is 0. The molecular weight excluding hydrogens is 288 g/mol. The van der Waals surface area contributed by atoms with E-state index in [4.69, 9.17) is 0 Å². The molecule has 0 aliphatic carbocycles. The van der Waals surface area contributed by atoms with Crippen molar-refractivity contribution in [3.05, 3.63) is 29.3 Å². The van der Waals surface area contributed by atoms with E-state index in [0.29, 0.717) is 5.56 Å². The molecule has 0 radical (unpaired) electrons. The van der Waals surface area contributed by atoms with Gasteiger partial charge in [0, 0.05) is 12.6 Å². The smallest absolute Gasteiger partial charge is 0.243 e. The number of carbonyl (C=O) groups is 1. The van der Waals surface area contributed by atoms with Gasteiger partial charge < -0.3 is 5.32 Å². The Morgan fingerprint density at radius 1 is 1.29 bits per heavy atom. The van der Waals surface area contributed by atoms with Gasteiger partial charge in [0.15, 0.2) is 0 Å². The zero-order valence-electron chi connectivity index (χ0n) is 13.3. The number of likely N-dealkylation sites (N-methyl/N-ethyl adjacent to an activating group) is 1. The maximum atomic E-state index is 12.7. The lowest BCUT2D eigenvalue weighted by atomic mass is 10.2. The van der Waals surface area contributed by atoms with Crippen molar-refractivity contribution in [1.82, 2.24) is 9.62 Å². The average molecular weight is 312 g/mol. The van der Waals surface area contributed by atoms with Gasteiger partial charge in [-0.1, -0.05) is 19.1 Å². The highest BCUT2D eigenvalue weighted by atomic mass is 32.2. The number of nitrogens with one attached hydrogen (secondary N) is 1. The Bertz CT molecular complexity index is 609. The minimum Gasteiger partial charge on any atom is -0.353 e. The first-order valence-corrected chi connectivity index (χ1v) is 8.49. The molecule has 0 saturated carbocycles. The third-order valence-electron chi connectivity index (χ3n) is 3.08. The Kier molecular flexibility index (Phi) is 5.92. The summed E-state index contributed by atoms with van der Waals surface area (Å²) < 4.78 is 26.6. The van der Waals surface area contributed by atoms with Crippen LogP contribution in [-0.2, 0) is 14.8 Å². The van der Waals surface area contributed by atoms with E-state index in [1.54, 1.807) is 26.0 Å². The minimum atomic E-state index is -3.66. The average Bonchev–Trinajstić information content (AvgIpc) is 2.37. The molecule has 0 fully saturated rings. The topological polar surface area (TPSA) is 66.5 Å². The molecule has 0 unspecified atom stereocenters. The molecule has 0 spiro atoms. The van der Waals surface area contributed by atoms with E-state index in [0.717, 1.165) is 5.56 Å². The van der Waals surface area contributed by atoms with Crippen molar-refractivity contribution in [3.63, 3.8) is 0 Å². The molecule has 1 amide bonds. The van der Waals surface area contributed by atoms with Gasteiger partial charge in [0.1, 0.15) is 0 Å². The largest absolute Gasteiger partial charge is 0.353 e. The van der Waals surface area contributed by atoms with E-state index in [-0.39, 0.29) is 29.9 Å². The molecule has 1 rings (SSSR count). The maximum absolute atomic E-state index is 12.7. The zero-order chi connectivity index (χ0) is 16.2. The molecule has 0 heterocycles. The van der Waals surface area contributed by atoms with Crippen LogP contribution < -0.4 is 5.32 Å². The zero-order valence-corrected chi connectivity index (χ0v) is 14.1. The van der Waals surface area contributed by atoms with Gasteiger partial charge in [0.2, 0.25) is 15.9 Å². The Balaban J connectivity index is 3.08. The van der Waals surface area contributed by atoms with Gasteiger partial charge in [0.05, 0.1) is 11.4 Å². The maximum Gasteiger partial charge on any atom is 0.243 e. The predicted molar refractivity (Wildman–Crippen MR) is 83.6 cm³/mol. The van der Waals surface area contributed by atoms with Crippen LogP contribution in [0.15, 0.2) is 23.1 Å². The summed E-state index contributed by atoms with van der Waals surface area (Å²) in [5, 5.41) is 2.71. The summed E-state index contributed by atoms with van der Waals surface area (Å²) in [5.74, 6) is -0.291. The highest BCUT2D eigenvalue weighted by molar-refractivity contribution is 7.89. The van der Waals surface area contributed by atoms with E-state index in [1.165, 1.54) is 4.31 Å². The molecule has 0 bridgehead atoms. The second-order valence-electron chi connectivity index (χ2n) is 5.42. The first-order chi connectivity index (χ1) is 9.68. The summed E-state index contributed by atoms with van der Waals surface area (Å²) in [6, 6.07) is 5.29. The van der Waals surface area contributed by atoms with Crippen LogP contribution in [0.5, 0.6) is 0 Å². The summed E-state index contributed by atoms with van der Waals surface area (Å²) in [5.41, 5.74) is 1.56. The van der Waals surface area contributed by atoms with E-state index >= 15 is 0 Å². The standard InChI is InChI=1S/C15H24N2O3S/c1-6-17(10-15(18)16-11(2)3)21(19,20)14-9-12(4)7-8-13(14)5/h7-9,11H,6,10H2,1-5H3,(H,16,18).